The Morgan fingerprint density at radius 1 is 1.25 bits per heavy atom. The molecule has 20 heavy (non-hydrogen) atoms. The SMILES string of the molecule is Nc1cc(C(=O)NCCN2CCCCCC2)ccc1Cl. The number of benzene rings is 1. The molecular formula is C15H22ClN3O. The number of hydrogen-bond acceptors (Lipinski definition) is 3. The lowest BCUT2D eigenvalue weighted by Gasteiger charge is -2.19. The Bertz CT molecular complexity index is 456. The van der Waals surface area contributed by atoms with E-state index in [1.165, 1.54) is 25.7 Å². The predicted molar refractivity (Wildman–Crippen MR) is 83.1 cm³/mol. The Balaban J connectivity index is 1.78. The molecule has 3 N–H and O–H groups in total. The minimum absolute atomic E-state index is 0.0943. The van der Waals surface area contributed by atoms with Crippen LogP contribution in [0.25, 0.3) is 0 Å². The highest BCUT2D eigenvalue weighted by atomic mass is 35.5. The summed E-state index contributed by atoms with van der Waals surface area (Å²) in [4.78, 5) is 14.4. The van der Waals surface area contributed by atoms with Gasteiger partial charge in [-0.25, -0.2) is 0 Å². The number of nitrogen functional groups attached to an aromatic ring is 1. The van der Waals surface area contributed by atoms with Gasteiger partial charge >= 0.3 is 0 Å². The third-order valence-electron chi connectivity index (χ3n) is 3.67. The van der Waals surface area contributed by atoms with E-state index in [0.717, 1.165) is 19.6 Å². The van der Waals surface area contributed by atoms with Gasteiger partial charge in [0.2, 0.25) is 0 Å². The van der Waals surface area contributed by atoms with Crippen LogP contribution in [0.4, 0.5) is 5.69 Å². The molecule has 0 radical (unpaired) electrons. The summed E-state index contributed by atoms with van der Waals surface area (Å²) in [5.41, 5.74) is 6.70. The van der Waals surface area contributed by atoms with Gasteiger partial charge in [-0.05, 0) is 44.1 Å². The summed E-state index contributed by atoms with van der Waals surface area (Å²) in [6.45, 7) is 3.86. The third kappa shape index (κ3) is 4.39. The van der Waals surface area contributed by atoms with Crippen LogP contribution in [0.3, 0.4) is 0 Å². The summed E-state index contributed by atoms with van der Waals surface area (Å²) in [5.74, 6) is -0.0943. The number of nitrogens with two attached hydrogens (primary N) is 1. The second kappa shape index (κ2) is 7.50. The Morgan fingerprint density at radius 3 is 2.60 bits per heavy atom. The first-order chi connectivity index (χ1) is 9.66. The largest absolute Gasteiger partial charge is 0.398 e. The molecule has 0 spiro atoms. The standard InChI is InChI=1S/C15H22ClN3O/c16-13-6-5-12(11-14(13)17)15(20)18-7-10-19-8-3-1-2-4-9-19/h5-6,11H,1-4,7-10,17H2,(H,18,20). The molecule has 110 valence electrons. The maximum absolute atomic E-state index is 12.0. The summed E-state index contributed by atoms with van der Waals surface area (Å²) >= 11 is 5.84. The van der Waals surface area contributed by atoms with E-state index in [4.69, 9.17) is 17.3 Å². The van der Waals surface area contributed by atoms with E-state index in [0.29, 0.717) is 22.8 Å². The first-order valence-corrected chi connectivity index (χ1v) is 7.60. The molecule has 0 unspecified atom stereocenters. The highest BCUT2D eigenvalue weighted by Crippen LogP contribution is 2.19. The average Bonchev–Trinajstić information content (AvgIpc) is 2.70. The van der Waals surface area contributed by atoms with Crippen LogP contribution in [0.1, 0.15) is 36.0 Å². The van der Waals surface area contributed by atoms with Gasteiger partial charge in [-0.3, -0.25) is 4.79 Å². The second-order valence-corrected chi connectivity index (χ2v) is 5.66. The molecule has 0 saturated carbocycles. The van der Waals surface area contributed by atoms with Gasteiger partial charge < -0.3 is 16.0 Å². The van der Waals surface area contributed by atoms with Crippen molar-refractivity contribution in [3.05, 3.63) is 28.8 Å². The van der Waals surface area contributed by atoms with Crippen molar-refractivity contribution in [2.45, 2.75) is 25.7 Å². The second-order valence-electron chi connectivity index (χ2n) is 5.25. The van der Waals surface area contributed by atoms with Crippen LogP contribution >= 0.6 is 11.6 Å². The number of amides is 1. The van der Waals surface area contributed by atoms with Crippen molar-refractivity contribution in [2.75, 3.05) is 31.9 Å². The highest BCUT2D eigenvalue weighted by molar-refractivity contribution is 6.33. The lowest BCUT2D eigenvalue weighted by molar-refractivity contribution is 0.0948. The Kier molecular flexibility index (Phi) is 5.68. The van der Waals surface area contributed by atoms with E-state index < -0.39 is 0 Å². The highest BCUT2D eigenvalue weighted by Gasteiger charge is 2.10. The zero-order valence-corrected chi connectivity index (χ0v) is 12.5. The third-order valence-corrected chi connectivity index (χ3v) is 4.01. The Labute approximate surface area is 125 Å². The number of hydrogen-bond donors (Lipinski definition) is 2. The molecule has 1 aromatic rings. The lowest BCUT2D eigenvalue weighted by Crippen LogP contribution is -2.35. The van der Waals surface area contributed by atoms with E-state index in [2.05, 4.69) is 10.2 Å². The topological polar surface area (TPSA) is 58.4 Å². The van der Waals surface area contributed by atoms with Crippen LogP contribution in [-0.4, -0.2) is 37.0 Å². The van der Waals surface area contributed by atoms with Crippen molar-refractivity contribution in [3.8, 4) is 0 Å². The van der Waals surface area contributed by atoms with Crippen LogP contribution in [-0.2, 0) is 0 Å². The Morgan fingerprint density at radius 2 is 1.95 bits per heavy atom. The minimum atomic E-state index is -0.0943. The molecule has 0 atom stereocenters. The van der Waals surface area contributed by atoms with Crippen molar-refractivity contribution in [2.24, 2.45) is 0 Å². The van der Waals surface area contributed by atoms with Gasteiger partial charge in [-0.15, -0.1) is 0 Å². The summed E-state index contributed by atoms with van der Waals surface area (Å²) in [6.07, 6.45) is 5.18. The smallest absolute Gasteiger partial charge is 0.251 e. The van der Waals surface area contributed by atoms with E-state index in [9.17, 15) is 4.79 Å². The molecule has 4 nitrogen and oxygen atoms in total. The number of nitrogens with zero attached hydrogens (tertiary/aromatic N) is 1. The molecule has 1 aliphatic rings. The van der Waals surface area contributed by atoms with Crippen LogP contribution in [0.2, 0.25) is 5.02 Å². The maximum atomic E-state index is 12.0. The van der Waals surface area contributed by atoms with Crippen LogP contribution < -0.4 is 11.1 Å². The van der Waals surface area contributed by atoms with Crippen LogP contribution in [0.15, 0.2) is 18.2 Å². The predicted octanol–water partition coefficient (Wildman–Crippen LogP) is 2.53. The maximum Gasteiger partial charge on any atom is 0.251 e. The van der Waals surface area contributed by atoms with Gasteiger partial charge in [0.15, 0.2) is 0 Å². The molecule has 0 aromatic heterocycles. The first-order valence-electron chi connectivity index (χ1n) is 7.22. The van der Waals surface area contributed by atoms with Crippen molar-refractivity contribution in [1.29, 1.82) is 0 Å². The van der Waals surface area contributed by atoms with Crippen molar-refractivity contribution in [1.82, 2.24) is 10.2 Å². The number of rotatable bonds is 4. The monoisotopic (exact) mass is 295 g/mol. The molecule has 1 aromatic carbocycles. The molecule has 1 aliphatic heterocycles. The summed E-state index contributed by atoms with van der Waals surface area (Å²) in [5, 5.41) is 3.41. The van der Waals surface area contributed by atoms with Gasteiger partial charge in [-0.2, -0.15) is 0 Å². The van der Waals surface area contributed by atoms with E-state index in [1.54, 1.807) is 18.2 Å². The number of halogens is 1. The summed E-state index contributed by atoms with van der Waals surface area (Å²) < 4.78 is 0. The zero-order chi connectivity index (χ0) is 14.4. The average molecular weight is 296 g/mol. The van der Waals surface area contributed by atoms with E-state index in [1.807, 2.05) is 0 Å². The number of likely N-dealkylation sites (tertiary alicyclic amines) is 1. The fourth-order valence-corrected chi connectivity index (χ4v) is 2.59. The van der Waals surface area contributed by atoms with Crippen LogP contribution in [0.5, 0.6) is 0 Å². The molecular weight excluding hydrogens is 274 g/mol. The molecule has 1 fully saturated rings. The number of carbonyl (C=O) groups excluding carboxylic acids is 1. The van der Waals surface area contributed by atoms with E-state index >= 15 is 0 Å². The Hall–Kier alpha value is -1.26. The number of carbonyl (C=O) groups is 1. The van der Waals surface area contributed by atoms with Gasteiger partial charge in [0, 0.05) is 18.7 Å². The minimum Gasteiger partial charge on any atom is -0.398 e. The molecule has 1 heterocycles. The zero-order valence-electron chi connectivity index (χ0n) is 11.7. The quantitative estimate of drug-likeness (QED) is 0.839. The van der Waals surface area contributed by atoms with Crippen molar-refractivity contribution < 1.29 is 4.79 Å². The number of nitrogens with one attached hydrogen (secondary N) is 1. The van der Waals surface area contributed by atoms with Crippen LogP contribution in [0, 0.1) is 0 Å². The molecule has 2 rings (SSSR count). The van der Waals surface area contributed by atoms with Gasteiger partial charge in [0.05, 0.1) is 10.7 Å². The lowest BCUT2D eigenvalue weighted by atomic mass is 10.2. The summed E-state index contributed by atoms with van der Waals surface area (Å²) in [6, 6.07) is 4.96. The molecule has 1 amide bonds. The van der Waals surface area contributed by atoms with Gasteiger partial charge in [-0.1, -0.05) is 24.4 Å². The molecule has 0 aliphatic carbocycles. The molecule has 0 bridgehead atoms. The summed E-state index contributed by atoms with van der Waals surface area (Å²) in [7, 11) is 0. The van der Waals surface area contributed by atoms with Gasteiger partial charge in [0.1, 0.15) is 0 Å². The fraction of sp³-hybridized carbons (Fsp3) is 0.533. The number of anilines is 1. The molecule has 5 heteroatoms. The van der Waals surface area contributed by atoms with Crippen molar-refractivity contribution >= 4 is 23.2 Å². The van der Waals surface area contributed by atoms with Crippen molar-refractivity contribution in [3.63, 3.8) is 0 Å². The fourth-order valence-electron chi connectivity index (χ4n) is 2.47. The normalized spacial score (nSPS) is 16.6. The molecule has 1 saturated heterocycles. The van der Waals surface area contributed by atoms with Gasteiger partial charge in [0.25, 0.3) is 5.91 Å². The van der Waals surface area contributed by atoms with E-state index in [-0.39, 0.29) is 5.91 Å². The first kappa shape index (κ1) is 15.1.